The molecule has 0 aliphatic rings. The highest BCUT2D eigenvalue weighted by molar-refractivity contribution is 9.10. The van der Waals surface area contributed by atoms with E-state index in [0.29, 0.717) is 0 Å². The van der Waals surface area contributed by atoms with Gasteiger partial charge in [-0.25, -0.2) is 5.84 Å². The largest absolute Gasteiger partial charge is 0.392 e. The maximum atomic E-state index is 8.60. The average molecular weight is 257 g/mol. The molecule has 1 aromatic rings. The molecule has 0 radical (unpaired) electrons. The summed E-state index contributed by atoms with van der Waals surface area (Å²) in [5.41, 5.74) is 1.99. The topological polar surface area (TPSA) is 49.5 Å². The second kappa shape index (κ2) is 5.14. The van der Waals surface area contributed by atoms with E-state index in [1.807, 2.05) is 25.1 Å². The van der Waals surface area contributed by atoms with Gasteiger partial charge in [-0.1, -0.05) is 15.9 Å². The van der Waals surface area contributed by atoms with E-state index >= 15 is 0 Å². The van der Waals surface area contributed by atoms with Gasteiger partial charge in [-0.2, -0.15) is 0 Å². The van der Waals surface area contributed by atoms with Crippen molar-refractivity contribution in [1.29, 1.82) is 0 Å². The van der Waals surface area contributed by atoms with Crippen molar-refractivity contribution in [3.05, 3.63) is 40.5 Å². The Morgan fingerprint density at radius 3 is 2.86 bits per heavy atom. The normalized spacial score (nSPS) is 10.9. The van der Waals surface area contributed by atoms with E-state index in [1.165, 1.54) is 5.01 Å². The minimum atomic E-state index is -0.0106. The Morgan fingerprint density at radius 2 is 2.29 bits per heavy atom. The maximum absolute atomic E-state index is 8.60. The van der Waals surface area contributed by atoms with Crippen molar-refractivity contribution >= 4 is 21.6 Å². The van der Waals surface area contributed by atoms with Crippen molar-refractivity contribution in [3.63, 3.8) is 0 Å². The minimum Gasteiger partial charge on any atom is -0.392 e. The van der Waals surface area contributed by atoms with Crippen LogP contribution < -0.4 is 10.9 Å². The molecule has 0 unspecified atom stereocenters. The zero-order valence-corrected chi connectivity index (χ0v) is 9.53. The molecular formula is C10H13BrN2O. The number of hydrogen-bond acceptors (Lipinski definition) is 3. The number of rotatable bonds is 3. The number of halogens is 1. The summed E-state index contributed by atoms with van der Waals surface area (Å²) in [7, 11) is 0. The van der Waals surface area contributed by atoms with E-state index in [9.17, 15) is 0 Å². The molecule has 0 bridgehead atoms. The van der Waals surface area contributed by atoms with E-state index in [-0.39, 0.29) is 6.61 Å². The molecule has 3 N–H and O–H groups in total. The molecule has 0 amide bonds. The number of hydrogen-bond donors (Lipinski definition) is 2. The lowest BCUT2D eigenvalue weighted by atomic mass is 10.2. The summed E-state index contributed by atoms with van der Waals surface area (Å²) in [5, 5.41) is 10.1. The lowest BCUT2D eigenvalue weighted by Crippen LogP contribution is -2.24. The molecule has 3 nitrogen and oxygen atoms in total. The van der Waals surface area contributed by atoms with Crippen LogP contribution in [0.15, 0.2) is 34.9 Å². The smallest absolute Gasteiger partial charge is 0.0629 e. The summed E-state index contributed by atoms with van der Waals surface area (Å²) >= 11 is 3.38. The van der Waals surface area contributed by atoms with Crippen LogP contribution in [0.2, 0.25) is 0 Å². The van der Waals surface area contributed by atoms with Gasteiger partial charge in [0.25, 0.3) is 0 Å². The van der Waals surface area contributed by atoms with Gasteiger partial charge in [0.05, 0.1) is 12.3 Å². The Bertz CT molecular complexity index is 339. The van der Waals surface area contributed by atoms with Gasteiger partial charge in [-0.05, 0) is 36.8 Å². The first-order chi connectivity index (χ1) is 6.65. The lowest BCUT2D eigenvalue weighted by Gasteiger charge is -2.16. The molecule has 0 spiro atoms. The Morgan fingerprint density at radius 1 is 1.57 bits per heavy atom. The molecule has 0 heterocycles. The SMILES string of the molecule is Cc1cc(Br)ccc1N(N)/C=C\CO. The van der Waals surface area contributed by atoms with E-state index in [1.54, 1.807) is 12.3 Å². The van der Waals surface area contributed by atoms with Crippen molar-refractivity contribution in [2.75, 3.05) is 11.6 Å². The van der Waals surface area contributed by atoms with Gasteiger partial charge in [0, 0.05) is 10.7 Å². The number of aliphatic hydroxyl groups excluding tert-OH is 1. The van der Waals surface area contributed by atoms with Crippen LogP contribution in [0.3, 0.4) is 0 Å². The van der Waals surface area contributed by atoms with Crippen LogP contribution in [-0.2, 0) is 0 Å². The number of nitrogens with two attached hydrogens (primary N) is 1. The average Bonchev–Trinajstić information content (AvgIpc) is 2.14. The van der Waals surface area contributed by atoms with Crippen LogP contribution >= 0.6 is 15.9 Å². The summed E-state index contributed by atoms with van der Waals surface area (Å²) in [4.78, 5) is 0. The van der Waals surface area contributed by atoms with Gasteiger partial charge >= 0.3 is 0 Å². The first kappa shape index (κ1) is 11.2. The Balaban J connectivity index is 2.90. The van der Waals surface area contributed by atoms with E-state index < -0.39 is 0 Å². The van der Waals surface area contributed by atoms with Gasteiger partial charge in [0.1, 0.15) is 0 Å². The standard InChI is InChI=1S/C10H13BrN2O/c1-8-7-9(11)3-4-10(8)13(12)5-2-6-14/h2-5,7,14H,6,12H2,1H3/b5-2-. The van der Waals surface area contributed by atoms with Gasteiger partial charge in [-0.3, -0.25) is 5.01 Å². The molecule has 0 atom stereocenters. The molecule has 14 heavy (non-hydrogen) atoms. The first-order valence-electron chi connectivity index (χ1n) is 4.22. The number of aryl methyl sites for hydroxylation is 1. The number of benzene rings is 1. The number of aliphatic hydroxyl groups is 1. The van der Waals surface area contributed by atoms with Crippen LogP contribution in [0.1, 0.15) is 5.56 Å². The highest BCUT2D eigenvalue weighted by Crippen LogP contribution is 2.22. The fraction of sp³-hybridized carbons (Fsp3) is 0.200. The molecule has 1 rings (SSSR count). The highest BCUT2D eigenvalue weighted by atomic mass is 79.9. The molecule has 0 aliphatic carbocycles. The predicted molar refractivity (Wildman–Crippen MR) is 61.8 cm³/mol. The molecule has 0 aliphatic heterocycles. The number of anilines is 1. The number of nitrogens with zero attached hydrogens (tertiary/aromatic N) is 1. The summed E-state index contributed by atoms with van der Waals surface area (Å²) in [6, 6.07) is 5.83. The molecular weight excluding hydrogens is 244 g/mol. The summed E-state index contributed by atoms with van der Waals surface area (Å²) in [5.74, 6) is 5.75. The van der Waals surface area contributed by atoms with Gasteiger partial charge in [-0.15, -0.1) is 0 Å². The third-order valence-corrected chi connectivity index (χ3v) is 2.30. The fourth-order valence-corrected chi connectivity index (χ4v) is 1.63. The Kier molecular flexibility index (Phi) is 4.13. The quantitative estimate of drug-likeness (QED) is 0.642. The van der Waals surface area contributed by atoms with E-state index in [2.05, 4.69) is 15.9 Å². The fourth-order valence-electron chi connectivity index (χ4n) is 1.15. The van der Waals surface area contributed by atoms with E-state index in [4.69, 9.17) is 10.9 Å². The predicted octanol–water partition coefficient (Wildman–Crippen LogP) is 1.94. The van der Waals surface area contributed by atoms with Gasteiger partial charge < -0.3 is 5.11 Å². The second-order valence-electron chi connectivity index (χ2n) is 2.91. The van der Waals surface area contributed by atoms with Crippen molar-refractivity contribution in [2.45, 2.75) is 6.92 Å². The number of hydrazine groups is 1. The molecule has 0 saturated carbocycles. The Labute approximate surface area is 91.9 Å². The molecule has 0 aromatic heterocycles. The van der Waals surface area contributed by atoms with E-state index in [0.717, 1.165) is 15.7 Å². The first-order valence-corrected chi connectivity index (χ1v) is 5.02. The van der Waals surface area contributed by atoms with Gasteiger partial charge in [0.15, 0.2) is 0 Å². The summed E-state index contributed by atoms with van der Waals surface area (Å²) in [6.45, 7) is 1.97. The van der Waals surface area contributed by atoms with Crippen molar-refractivity contribution in [2.24, 2.45) is 5.84 Å². The zero-order chi connectivity index (χ0) is 10.6. The third-order valence-electron chi connectivity index (χ3n) is 1.81. The summed E-state index contributed by atoms with van der Waals surface area (Å²) in [6.07, 6.45) is 3.22. The third kappa shape index (κ3) is 2.83. The van der Waals surface area contributed by atoms with Crippen LogP contribution in [0, 0.1) is 6.92 Å². The minimum absolute atomic E-state index is 0.0106. The van der Waals surface area contributed by atoms with Crippen molar-refractivity contribution in [3.8, 4) is 0 Å². The molecule has 1 aromatic carbocycles. The highest BCUT2D eigenvalue weighted by Gasteiger charge is 2.01. The Hall–Kier alpha value is -0.840. The molecule has 76 valence electrons. The maximum Gasteiger partial charge on any atom is 0.0629 e. The molecule has 4 heteroatoms. The van der Waals surface area contributed by atoms with Crippen LogP contribution in [-0.4, -0.2) is 11.7 Å². The van der Waals surface area contributed by atoms with Crippen molar-refractivity contribution < 1.29 is 5.11 Å². The van der Waals surface area contributed by atoms with Gasteiger partial charge in [0.2, 0.25) is 0 Å². The van der Waals surface area contributed by atoms with Crippen LogP contribution in [0.25, 0.3) is 0 Å². The monoisotopic (exact) mass is 256 g/mol. The van der Waals surface area contributed by atoms with Crippen LogP contribution in [0.5, 0.6) is 0 Å². The zero-order valence-electron chi connectivity index (χ0n) is 7.94. The lowest BCUT2D eigenvalue weighted by molar-refractivity contribution is 0.342. The molecule has 0 saturated heterocycles. The van der Waals surface area contributed by atoms with Crippen LogP contribution in [0.4, 0.5) is 5.69 Å². The second-order valence-corrected chi connectivity index (χ2v) is 3.82. The van der Waals surface area contributed by atoms with Crippen molar-refractivity contribution in [1.82, 2.24) is 0 Å². The summed E-state index contributed by atoms with van der Waals surface area (Å²) < 4.78 is 1.03. The molecule has 0 fully saturated rings.